The summed E-state index contributed by atoms with van der Waals surface area (Å²) in [6.07, 6.45) is 5.18. The van der Waals surface area contributed by atoms with Crippen molar-refractivity contribution in [2.24, 2.45) is 0 Å². The number of rotatable bonds is 5. The average Bonchev–Trinajstić information content (AvgIpc) is 3.22. The van der Waals surface area contributed by atoms with Gasteiger partial charge in [0, 0.05) is 29.3 Å². The normalized spacial score (nSPS) is 14.8. The van der Waals surface area contributed by atoms with Crippen LogP contribution in [0.15, 0.2) is 42.0 Å². The maximum Gasteiger partial charge on any atom is 0.254 e. The molecule has 1 fully saturated rings. The zero-order valence-corrected chi connectivity index (χ0v) is 16.0. The first kappa shape index (κ1) is 18.6. The van der Waals surface area contributed by atoms with Gasteiger partial charge in [-0.05, 0) is 38.1 Å². The van der Waals surface area contributed by atoms with Crippen LogP contribution >= 0.6 is 11.3 Å². The van der Waals surface area contributed by atoms with E-state index < -0.39 is 0 Å². The van der Waals surface area contributed by atoms with Crippen LogP contribution in [0.3, 0.4) is 0 Å². The molecule has 2 aromatic heterocycles. The average molecular weight is 397 g/mol. The van der Waals surface area contributed by atoms with E-state index in [2.05, 4.69) is 25.6 Å². The van der Waals surface area contributed by atoms with E-state index >= 15 is 0 Å². The number of hydrogen-bond acceptors (Lipinski definition) is 6. The van der Waals surface area contributed by atoms with Crippen molar-refractivity contribution in [3.8, 4) is 11.3 Å². The summed E-state index contributed by atoms with van der Waals surface area (Å²) in [4.78, 5) is 25.5. The predicted molar refractivity (Wildman–Crippen MR) is 106 cm³/mol. The zero-order valence-electron chi connectivity index (χ0n) is 15.2. The molecule has 1 saturated heterocycles. The fourth-order valence-corrected chi connectivity index (χ4v) is 3.92. The molecule has 0 aliphatic carbocycles. The van der Waals surface area contributed by atoms with Crippen molar-refractivity contribution in [3.63, 3.8) is 0 Å². The highest BCUT2D eigenvalue weighted by atomic mass is 32.1. The summed E-state index contributed by atoms with van der Waals surface area (Å²) in [6, 6.07) is 6.51. The Hall–Kier alpha value is -2.71. The van der Waals surface area contributed by atoms with E-state index in [9.17, 15) is 9.18 Å². The van der Waals surface area contributed by atoms with Crippen molar-refractivity contribution in [2.45, 2.75) is 25.3 Å². The van der Waals surface area contributed by atoms with Gasteiger partial charge in [0.15, 0.2) is 0 Å². The van der Waals surface area contributed by atoms with Crippen molar-refractivity contribution in [1.82, 2.24) is 25.6 Å². The Bertz CT molecular complexity index is 953. The van der Waals surface area contributed by atoms with Gasteiger partial charge in [-0.1, -0.05) is 12.1 Å². The lowest BCUT2D eigenvalue weighted by molar-refractivity contribution is 0.0950. The third-order valence-corrected chi connectivity index (χ3v) is 5.59. The molecule has 2 N–H and O–H groups in total. The molecular formula is C20H20FN5OS. The fraction of sp³-hybridized carbons (Fsp3) is 0.300. The summed E-state index contributed by atoms with van der Waals surface area (Å²) in [7, 11) is 0. The summed E-state index contributed by atoms with van der Waals surface area (Å²) in [5, 5.41) is 8.63. The van der Waals surface area contributed by atoms with Gasteiger partial charge in [0.05, 0.1) is 17.8 Å². The highest BCUT2D eigenvalue weighted by Crippen LogP contribution is 2.24. The largest absolute Gasteiger partial charge is 0.345 e. The number of carbonyl (C=O) groups excluding carboxylic acids is 1. The van der Waals surface area contributed by atoms with E-state index in [1.54, 1.807) is 36.0 Å². The highest BCUT2D eigenvalue weighted by Gasteiger charge is 2.18. The number of aromatic nitrogens is 3. The molecule has 4 rings (SSSR count). The molecule has 0 spiro atoms. The van der Waals surface area contributed by atoms with Gasteiger partial charge in [0.25, 0.3) is 5.91 Å². The third-order valence-electron chi connectivity index (χ3n) is 4.74. The van der Waals surface area contributed by atoms with Gasteiger partial charge in [0.2, 0.25) is 0 Å². The summed E-state index contributed by atoms with van der Waals surface area (Å²) in [5.41, 5.74) is 1.45. The number of amides is 1. The van der Waals surface area contributed by atoms with Crippen LogP contribution in [0.25, 0.3) is 11.3 Å². The molecule has 3 aromatic rings. The summed E-state index contributed by atoms with van der Waals surface area (Å²) in [6.45, 7) is 2.21. The molecule has 1 aromatic carbocycles. The van der Waals surface area contributed by atoms with Crippen molar-refractivity contribution >= 4 is 17.2 Å². The number of nitrogens with zero attached hydrogens (tertiary/aromatic N) is 3. The van der Waals surface area contributed by atoms with Gasteiger partial charge in [-0.15, -0.1) is 11.3 Å². The van der Waals surface area contributed by atoms with E-state index in [4.69, 9.17) is 0 Å². The van der Waals surface area contributed by atoms with Gasteiger partial charge >= 0.3 is 0 Å². The maximum atomic E-state index is 13.9. The van der Waals surface area contributed by atoms with Crippen molar-refractivity contribution in [1.29, 1.82) is 0 Å². The number of nitrogens with one attached hydrogen (secondary N) is 2. The summed E-state index contributed by atoms with van der Waals surface area (Å²) >= 11 is 1.38. The van der Waals surface area contributed by atoms with Crippen LogP contribution in [-0.2, 0) is 6.54 Å². The van der Waals surface area contributed by atoms with Crippen molar-refractivity contribution in [3.05, 3.63) is 64.3 Å². The molecule has 0 saturated carbocycles. The third kappa shape index (κ3) is 4.23. The molecule has 28 heavy (non-hydrogen) atoms. The van der Waals surface area contributed by atoms with Crippen LogP contribution in [-0.4, -0.2) is 33.9 Å². The van der Waals surface area contributed by atoms with E-state index in [1.165, 1.54) is 17.4 Å². The molecule has 144 valence electrons. The SMILES string of the molecule is O=C(NCc1nc(-c2ccccc2F)cs1)c1cnc(C2CCNCC2)nc1. The first-order valence-electron chi connectivity index (χ1n) is 9.21. The van der Waals surface area contributed by atoms with Crippen molar-refractivity contribution in [2.75, 3.05) is 13.1 Å². The smallest absolute Gasteiger partial charge is 0.254 e. The molecular weight excluding hydrogens is 377 g/mol. The van der Waals surface area contributed by atoms with E-state index in [0.29, 0.717) is 27.7 Å². The lowest BCUT2D eigenvalue weighted by Crippen LogP contribution is -2.28. The van der Waals surface area contributed by atoms with Gasteiger partial charge in [-0.3, -0.25) is 4.79 Å². The van der Waals surface area contributed by atoms with Crippen LogP contribution in [0.1, 0.15) is 39.9 Å². The van der Waals surface area contributed by atoms with Crippen LogP contribution in [0.5, 0.6) is 0 Å². The molecule has 6 nitrogen and oxygen atoms in total. The first-order chi connectivity index (χ1) is 13.7. The Morgan fingerprint density at radius 3 is 2.71 bits per heavy atom. The monoisotopic (exact) mass is 397 g/mol. The Kier molecular flexibility index (Phi) is 5.68. The highest BCUT2D eigenvalue weighted by molar-refractivity contribution is 7.09. The Morgan fingerprint density at radius 1 is 1.21 bits per heavy atom. The molecule has 3 heterocycles. The Morgan fingerprint density at radius 2 is 1.96 bits per heavy atom. The fourth-order valence-electron chi connectivity index (χ4n) is 3.19. The topological polar surface area (TPSA) is 79.8 Å². The minimum absolute atomic E-state index is 0.250. The van der Waals surface area contributed by atoms with E-state index in [1.807, 2.05) is 0 Å². The molecule has 0 radical (unpaired) electrons. The van der Waals surface area contributed by atoms with E-state index in [0.717, 1.165) is 31.8 Å². The Labute approximate surface area is 166 Å². The van der Waals surface area contributed by atoms with E-state index in [-0.39, 0.29) is 18.3 Å². The molecule has 8 heteroatoms. The second-order valence-corrected chi connectivity index (χ2v) is 7.59. The standard InChI is InChI=1S/C20H20FN5OS/c21-16-4-2-1-3-15(16)17-12-28-18(26-17)11-25-20(27)14-9-23-19(24-10-14)13-5-7-22-8-6-13/h1-4,9-10,12-13,22H,5-8,11H2,(H,25,27). The number of carbonyl (C=O) groups is 1. The summed E-state index contributed by atoms with van der Waals surface area (Å²) in [5.74, 6) is 0.590. The molecule has 1 aliphatic rings. The van der Waals surface area contributed by atoms with Gasteiger partial charge in [-0.2, -0.15) is 0 Å². The molecule has 0 unspecified atom stereocenters. The second-order valence-electron chi connectivity index (χ2n) is 6.64. The molecule has 0 atom stereocenters. The number of benzene rings is 1. The molecule has 1 aliphatic heterocycles. The number of halogens is 1. The summed E-state index contributed by atoms with van der Waals surface area (Å²) < 4.78 is 13.9. The first-order valence-corrected chi connectivity index (χ1v) is 10.1. The van der Waals surface area contributed by atoms with Crippen molar-refractivity contribution < 1.29 is 9.18 Å². The van der Waals surface area contributed by atoms with Crippen LogP contribution in [0.4, 0.5) is 4.39 Å². The predicted octanol–water partition coefficient (Wildman–Crippen LogP) is 3.14. The number of hydrogen-bond donors (Lipinski definition) is 2. The van der Waals surface area contributed by atoms with Crippen LogP contribution in [0.2, 0.25) is 0 Å². The Balaban J connectivity index is 1.36. The van der Waals surface area contributed by atoms with Gasteiger partial charge in [0.1, 0.15) is 16.6 Å². The quantitative estimate of drug-likeness (QED) is 0.691. The minimum Gasteiger partial charge on any atom is -0.345 e. The lowest BCUT2D eigenvalue weighted by atomic mass is 9.97. The molecule has 0 bridgehead atoms. The lowest BCUT2D eigenvalue weighted by Gasteiger charge is -2.21. The number of piperidine rings is 1. The zero-order chi connectivity index (χ0) is 19.3. The second kappa shape index (κ2) is 8.53. The van der Waals surface area contributed by atoms with Gasteiger partial charge in [-0.25, -0.2) is 19.3 Å². The van der Waals surface area contributed by atoms with Gasteiger partial charge < -0.3 is 10.6 Å². The minimum atomic E-state index is -0.311. The molecule has 1 amide bonds. The number of thiazole rings is 1. The maximum absolute atomic E-state index is 13.9. The van der Waals surface area contributed by atoms with Crippen LogP contribution < -0.4 is 10.6 Å². The van der Waals surface area contributed by atoms with Crippen LogP contribution in [0, 0.1) is 5.82 Å².